The highest BCUT2D eigenvalue weighted by Crippen LogP contribution is 2.37. The second-order valence-electron chi connectivity index (χ2n) is 9.38. The van der Waals surface area contributed by atoms with Crippen LogP contribution in [0.15, 0.2) is 52.8 Å². The van der Waals surface area contributed by atoms with Crippen LogP contribution in [-0.4, -0.2) is 35.0 Å². The number of nitrogens with one attached hydrogen (secondary N) is 4. The van der Waals surface area contributed by atoms with E-state index in [0.717, 1.165) is 0 Å². The largest absolute Gasteiger partial charge is 0.507 e. The van der Waals surface area contributed by atoms with E-state index in [9.17, 15) is 14.7 Å². The summed E-state index contributed by atoms with van der Waals surface area (Å²) in [5.74, 6) is -0.469. The third-order valence-electron chi connectivity index (χ3n) is 5.54. The SMILES string of the molecule is CCOC(=O)C1=C(C)NC(=S)NC1c1cc(/C=N/NC(=O)Nc2ccc(Cl)cc2)c(O)c(C(C)(C)C)c1. The molecule has 37 heavy (non-hydrogen) atoms. The van der Waals surface area contributed by atoms with Crippen LogP contribution >= 0.6 is 23.8 Å². The maximum atomic E-state index is 12.8. The topological polar surface area (TPSA) is 124 Å². The number of ether oxygens (including phenoxy) is 1. The molecule has 1 aliphatic heterocycles. The Morgan fingerprint density at radius 3 is 2.54 bits per heavy atom. The highest BCUT2D eigenvalue weighted by atomic mass is 35.5. The fourth-order valence-electron chi connectivity index (χ4n) is 3.79. The first-order chi connectivity index (χ1) is 17.4. The summed E-state index contributed by atoms with van der Waals surface area (Å²) in [5.41, 5.74) is 5.08. The van der Waals surface area contributed by atoms with Crippen molar-refractivity contribution in [1.82, 2.24) is 16.1 Å². The fraction of sp³-hybridized carbons (Fsp3) is 0.308. The van der Waals surface area contributed by atoms with Crippen molar-refractivity contribution in [2.24, 2.45) is 5.10 Å². The number of carbonyl (C=O) groups excluding carboxylic acids is 2. The first kappa shape index (κ1) is 27.9. The lowest BCUT2D eigenvalue weighted by Crippen LogP contribution is -2.45. The number of hydrazone groups is 1. The number of amides is 2. The Balaban J connectivity index is 1.96. The predicted octanol–water partition coefficient (Wildman–Crippen LogP) is 4.85. The van der Waals surface area contributed by atoms with Gasteiger partial charge >= 0.3 is 12.0 Å². The number of carbonyl (C=O) groups is 2. The molecule has 1 aliphatic rings. The number of phenols is 1. The molecule has 11 heteroatoms. The number of halogens is 1. The number of rotatable bonds is 6. The lowest BCUT2D eigenvalue weighted by Gasteiger charge is -2.31. The minimum absolute atomic E-state index is 0.00908. The highest BCUT2D eigenvalue weighted by molar-refractivity contribution is 7.80. The van der Waals surface area contributed by atoms with Gasteiger partial charge in [-0.25, -0.2) is 15.0 Å². The molecule has 0 saturated heterocycles. The standard InChI is InChI=1S/C26H30ClN5O4S/c1-6-36-23(34)20-14(2)29-25(37)31-21(20)15-11-16(22(33)19(12-15)26(3,4)5)13-28-32-24(35)30-18-9-7-17(27)8-10-18/h7-13,21,33H,6H2,1-5H3,(H2,29,31,37)(H2,30,32,35)/b28-13+. The van der Waals surface area contributed by atoms with Crippen molar-refractivity contribution in [2.45, 2.75) is 46.1 Å². The molecule has 0 fully saturated rings. The third kappa shape index (κ3) is 6.99. The Labute approximate surface area is 226 Å². The molecule has 0 radical (unpaired) electrons. The van der Waals surface area contributed by atoms with Gasteiger partial charge in [0.05, 0.1) is 24.4 Å². The second kappa shape index (κ2) is 11.6. The van der Waals surface area contributed by atoms with Crippen molar-refractivity contribution in [1.29, 1.82) is 0 Å². The van der Waals surface area contributed by atoms with Crippen LogP contribution in [0.5, 0.6) is 5.75 Å². The lowest BCUT2D eigenvalue weighted by molar-refractivity contribution is -0.139. The van der Waals surface area contributed by atoms with E-state index in [1.165, 1.54) is 6.21 Å². The quantitative estimate of drug-likeness (QED) is 0.153. The molecule has 2 aromatic rings. The summed E-state index contributed by atoms with van der Waals surface area (Å²) in [4.78, 5) is 25.1. The lowest BCUT2D eigenvalue weighted by atomic mass is 9.82. The average Bonchev–Trinajstić information content (AvgIpc) is 2.80. The van der Waals surface area contributed by atoms with Gasteiger partial charge in [-0.2, -0.15) is 5.10 Å². The fourth-order valence-corrected chi connectivity index (χ4v) is 4.19. The third-order valence-corrected chi connectivity index (χ3v) is 6.01. The Bertz CT molecular complexity index is 1270. The monoisotopic (exact) mass is 543 g/mol. The summed E-state index contributed by atoms with van der Waals surface area (Å²) in [6.07, 6.45) is 1.34. The van der Waals surface area contributed by atoms with Gasteiger partial charge in [-0.05, 0) is 73.4 Å². The van der Waals surface area contributed by atoms with E-state index >= 15 is 0 Å². The first-order valence-electron chi connectivity index (χ1n) is 11.6. The summed E-state index contributed by atoms with van der Waals surface area (Å²) >= 11 is 11.2. The number of allylic oxidation sites excluding steroid dienone is 1. The Hall–Kier alpha value is -3.63. The van der Waals surface area contributed by atoms with Gasteiger partial charge in [0.15, 0.2) is 5.11 Å². The highest BCUT2D eigenvalue weighted by Gasteiger charge is 2.33. The molecule has 1 heterocycles. The zero-order valence-electron chi connectivity index (χ0n) is 21.2. The molecule has 0 saturated carbocycles. The Kier molecular flexibility index (Phi) is 8.77. The van der Waals surface area contributed by atoms with Crippen molar-refractivity contribution >= 4 is 52.8 Å². The van der Waals surface area contributed by atoms with Crippen LogP contribution in [0.2, 0.25) is 5.02 Å². The molecule has 0 bridgehead atoms. The molecule has 9 nitrogen and oxygen atoms in total. The molecule has 196 valence electrons. The van der Waals surface area contributed by atoms with Gasteiger partial charge in [0.1, 0.15) is 5.75 Å². The Morgan fingerprint density at radius 2 is 1.92 bits per heavy atom. The number of phenolic OH excluding ortho intramolecular Hbond substituents is 1. The number of nitrogens with zero attached hydrogens (tertiary/aromatic N) is 1. The summed E-state index contributed by atoms with van der Waals surface area (Å²) in [5, 5.41) is 24.7. The number of hydrogen-bond donors (Lipinski definition) is 5. The van der Waals surface area contributed by atoms with Gasteiger partial charge in [-0.15, -0.1) is 0 Å². The number of esters is 1. The van der Waals surface area contributed by atoms with E-state index in [1.807, 2.05) is 26.8 Å². The van der Waals surface area contributed by atoms with Crippen molar-refractivity contribution in [3.05, 3.63) is 69.4 Å². The molecule has 0 aliphatic carbocycles. The van der Waals surface area contributed by atoms with Crippen molar-refractivity contribution in [3.63, 3.8) is 0 Å². The maximum Gasteiger partial charge on any atom is 0.339 e. The minimum Gasteiger partial charge on any atom is -0.507 e. The van der Waals surface area contributed by atoms with Crippen LogP contribution in [0.3, 0.4) is 0 Å². The van der Waals surface area contributed by atoms with Crippen molar-refractivity contribution in [3.8, 4) is 5.75 Å². The normalized spacial score (nSPS) is 15.7. The van der Waals surface area contributed by atoms with Crippen LogP contribution in [0.1, 0.15) is 57.4 Å². The van der Waals surface area contributed by atoms with E-state index < -0.39 is 23.5 Å². The number of thiocarbonyl (C=S) groups is 1. The predicted molar refractivity (Wildman–Crippen MR) is 149 cm³/mol. The van der Waals surface area contributed by atoms with Gasteiger partial charge in [0, 0.05) is 27.5 Å². The smallest absolute Gasteiger partial charge is 0.339 e. The summed E-state index contributed by atoms with van der Waals surface area (Å²) in [6, 6.07) is 8.93. The molecular weight excluding hydrogens is 514 g/mol. The van der Waals surface area contributed by atoms with Crippen LogP contribution in [0.4, 0.5) is 10.5 Å². The van der Waals surface area contributed by atoms with Crippen molar-refractivity contribution < 1.29 is 19.4 Å². The van der Waals surface area contributed by atoms with Crippen molar-refractivity contribution in [2.75, 3.05) is 11.9 Å². The van der Waals surface area contributed by atoms with Crippen LogP contribution < -0.4 is 21.4 Å². The van der Waals surface area contributed by atoms with Gasteiger partial charge in [0.25, 0.3) is 0 Å². The zero-order chi connectivity index (χ0) is 27.3. The molecule has 1 atom stereocenters. The molecule has 2 amide bonds. The number of benzene rings is 2. The van der Waals surface area contributed by atoms with E-state index in [2.05, 4.69) is 26.5 Å². The van der Waals surface area contributed by atoms with E-state index in [1.54, 1.807) is 44.2 Å². The number of aromatic hydroxyl groups is 1. The molecule has 5 N–H and O–H groups in total. The van der Waals surface area contributed by atoms with Gasteiger partial charge < -0.3 is 25.8 Å². The molecular formula is C26H30ClN5O4S. The summed E-state index contributed by atoms with van der Waals surface area (Å²) < 4.78 is 5.28. The maximum absolute atomic E-state index is 12.8. The van der Waals surface area contributed by atoms with Gasteiger partial charge in [-0.1, -0.05) is 32.4 Å². The van der Waals surface area contributed by atoms with Gasteiger partial charge in [0.2, 0.25) is 0 Å². The molecule has 1 unspecified atom stereocenters. The van der Waals surface area contributed by atoms with E-state index in [4.69, 9.17) is 28.6 Å². The number of anilines is 1. The summed E-state index contributed by atoms with van der Waals surface area (Å²) in [7, 11) is 0. The second-order valence-corrected chi connectivity index (χ2v) is 10.2. The number of hydrogen-bond acceptors (Lipinski definition) is 6. The summed E-state index contributed by atoms with van der Waals surface area (Å²) in [6.45, 7) is 9.58. The molecule has 3 rings (SSSR count). The molecule has 0 aromatic heterocycles. The first-order valence-corrected chi connectivity index (χ1v) is 12.4. The van der Waals surface area contributed by atoms with Gasteiger partial charge in [-0.3, -0.25) is 0 Å². The Morgan fingerprint density at radius 1 is 1.24 bits per heavy atom. The minimum atomic E-state index is -0.622. The van der Waals surface area contributed by atoms with E-state index in [-0.39, 0.29) is 12.4 Å². The van der Waals surface area contributed by atoms with Crippen LogP contribution in [-0.2, 0) is 14.9 Å². The average molecular weight is 544 g/mol. The van der Waals surface area contributed by atoms with Crippen LogP contribution in [0.25, 0.3) is 0 Å². The zero-order valence-corrected chi connectivity index (χ0v) is 22.8. The molecule has 2 aromatic carbocycles. The van der Waals surface area contributed by atoms with Crippen LogP contribution in [0, 0.1) is 0 Å². The van der Waals surface area contributed by atoms with E-state index in [0.29, 0.717) is 43.8 Å². The molecule has 0 spiro atoms. The number of urea groups is 1.